The van der Waals surface area contributed by atoms with E-state index >= 15 is 0 Å². The van der Waals surface area contributed by atoms with Gasteiger partial charge in [-0.1, -0.05) is 98.9 Å². The Hall–Kier alpha value is -3.12. The van der Waals surface area contributed by atoms with E-state index in [2.05, 4.69) is 92.6 Å². The van der Waals surface area contributed by atoms with Crippen LogP contribution in [0.1, 0.15) is 86.6 Å². The molecular formula is C39H47NO. The topological polar surface area (TPSA) is 23.5 Å². The Morgan fingerprint density at radius 1 is 0.927 bits per heavy atom. The summed E-state index contributed by atoms with van der Waals surface area (Å²) >= 11 is 0. The fraction of sp³-hybridized carbons (Fsp3) is 0.436. The predicted molar refractivity (Wildman–Crippen MR) is 172 cm³/mol. The number of hydrogen-bond donors (Lipinski definition) is 1. The average molecular weight is 546 g/mol. The molecule has 1 N–H and O–H groups in total. The fourth-order valence-corrected chi connectivity index (χ4v) is 6.38. The molecule has 1 saturated heterocycles. The largest absolute Gasteiger partial charge is 0.392 e. The van der Waals surface area contributed by atoms with Crippen LogP contribution in [0.3, 0.4) is 0 Å². The monoisotopic (exact) mass is 545 g/mol. The molecule has 0 spiro atoms. The van der Waals surface area contributed by atoms with Gasteiger partial charge in [-0.25, -0.2) is 0 Å². The maximum Gasteiger partial charge on any atom is 0.0692 e. The summed E-state index contributed by atoms with van der Waals surface area (Å²) in [6.07, 6.45) is 7.76. The molecule has 5 unspecified atom stereocenters. The maximum atomic E-state index is 10.9. The van der Waals surface area contributed by atoms with Gasteiger partial charge >= 0.3 is 0 Å². The van der Waals surface area contributed by atoms with Crippen LogP contribution >= 0.6 is 0 Å². The van der Waals surface area contributed by atoms with Gasteiger partial charge in [0.15, 0.2) is 0 Å². The molecule has 5 rings (SSSR count). The summed E-state index contributed by atoms with van der Waals surface area (Å²) in [6, 6.07) is 29.0. The number of rotatable bonds is 12. The summed E-state index contributed by atoms with van der Waals surface area (Å²) < 4.78 is 0. The second kappa shape index (κ2) is 13.7. The molecule has 214 valence electrons. The third kappa shape index (κ3) is 7.79. The van der Waals surface area contributed by atoms with Gasteiger partial charge in [-0.05, 0) is 98.2 Å². The number of likely N-dealkylation sites (tertiary alicyclic amines) is 1. The van der Waals surface area contributed by atoms with Crippen LogP contribution in [-0.4, -0.2) is 34.7 Å². The van der Waals surface area contributed by atoms with Gasteiger partial charge in [0.2, 0.25) is 0 Å². The molecule has 1 aliphatic heterocycles. The van der Waals surface area contributed by atoms with Crippen molar-refractivity contribution in [1.29, 1.82) is 0 Å². The molecule has 0 radical (unpaired) electrons. The maximum absolute atomic E-state index is 10.9. The molecule has 1 saturated carbocycles. The Bertz CT molecular complexity index is 1330. The molecule has 1 aliphatic carbocycles. The van der Waals surface area contributed by atoms with Gasteiger partial charge in [0.1, 0.15) is 0 Å². The van der Waals surface area contributed by atoms with Crippen molar-refractivity contribution >= 4 is 0 Å². The van der Waals surface area contributed by atoms with Crippen molar-refractivity contribution in [3.63, 3.8) is 0 Å². The van der Waals surface area contributed by atoms with Gasteiger partial charge in [0.05, 0.1) is 6.10 Å². The number of aliphatic hydroxyl groups excluding tert-OH is 1. The van der Waals surface area contributed by atoms with Crippen molar-refractivity contribution in [2.45, 2.75) is 89.8 Å². The van der Waals surface area contributed by atoms with Gasteiger partial charge in [0.25, 0.3) is 0 Å². The zero-order chi connectivity index (χ0) is 28.8. The molecule has 2 aliphatic rings. The molecule has 5 atom stereocenters. The van der Waals surface area contributed by atoms with Gasteiger partial charge < -0.3 is 5.11 Å². The lowest BCUT2D eigenvalue weighted by molar-refractivity contribution is -0.0510. The standard InChI is InChI=1S/C39H47NO/c1-5-29(3)38(41)27-40-30(4)39(36-22-20-32(21-23-36)13-12-31-9-7-6-8-10-31)37(40)24-11-28(2)25-33-14-16-34(17-15-33)26-35-18-19-35/h6-10,14-17,20-23,29-30,35,37-39,41H,2,5,11,18-19,24-27H2,1,3-4H3. The van der Waals surface area contributed by atoms with Crippen LogP contribution in [0.15, 0.2) is 91.0 Å². The number of allylic oxidation sites excluding steroid dienone is 1. The Labute approximate surface area is 248 Å². The minimum atomic E-state index is -0.293. The smallest absolute Gasteiger partial charge is 0.0692 e. The van der Waals surface area contributed by atoms with Crippen molar-refractivity contribution < 1.29 is 5.11 Å². The van der Waals surface area contributed by atoms with Crippen LogP contribution in [0.5, 0.6) is 0 Å². The summed E-state index contributed by atoms with van der Waals surface area (Å²) in [4.78, 5) is 2.55. The van der Waals surface area contributed by atoms with E-state index in [9.17, 15) is 5.11 Å². The fourth-order valence-electron chi connectivity index (χ4n) is 6.38. The summed E-state index contributed by atoms with van der Waals surface area (Å²) in [6.45, 7) is 11.9. The Kier molecular flexibility index (Phi) is 9.81. The van der Waals surface area contributed by atoms with Gasteiger partial charge in [-0.2, -0.15) is 0 Å². The number of hydrogen-bond acceptors (Lipinski definition) is 2. The lowest BCUT2D eigenvalue weighted by Gasteiger charge is -2.55. The third-order valence-corrected chi connectivity index (χ3v) is 9.49. The molecule has 2 fully saturated rings. The zero-order valence-electron chi connectivity index (χ0n) is 25.2. The highest BCUT2D eigenvalue weighted by Crippen LogP contribution is 2.43. The highest BCUT2D eigenvalue weighted by Gasteiger charge is 2.46. The van der Waals surface area contributed by atoms with Gasteiger partial charge in [-0.3, -0.25) is 4.90 Å². The van der Waals surface area contributed by atoms with E-state index in [1.54, 1.807) is 0 Å². The van der Waals surface area contributed by atoms with E-state index in [4.69, 9.17) is 0 Å². The molecular weight excluding hydrogens is 498 g/mol. The van der Waals surface area contributed by atoms with E-state index in [0.29, 0.717) is 23.9 Å². The highest BCUT2D eigenvalue weighted by atomic mass is 16.3. The van der Waals surface area contributed by atoms with Crippen molar-refractivity contribution in [2.24, 2.45) is 11.8 Å². The lowest BCUT2D eigenvalue weighted by Crippen LogP contribution is -2.62. The third-order valence-electron chi connectivity index (χ3n) is 9.49. The molecule has 0 amide bonds. The predicted octanol–water partition coefficient (Wildman–Crippen LogP) is 8.18. The highest BCUT2D eigenvalue weighted by molar-refractivity contribution is 5.44. The van der Waals surface area contributed by atoms with Crippen molar-refractivity contribution in [1.82, 2.24) is 4.90 Å². The molecule has 0 aromatic heterocycles. The first-order valence-electron chi connectivity index (χ1n) is 15.8. The number of nitrogens with zero attached hydrogens (tertiary/aromatic N) is 1. The minimum Gasteiger partial charge on any atom is -0.392 e. The first-order valence-corrected chi connectivity index (χ1v) is 15.8. The summed E-state index contributed by atoms with van der Waals surface area (Å²) in [7, 11) is 0. The molecule has 3 aromatic carbocycles. The van der Waals surface area contributed by atoms with Crippen LogP contribution in [-0.2, 0) is 12.8 Å². The van der Waals surface area contributed by atoms with E-state index in [-0.39, 0.29) is 6.10 Å². The van der Waals surface area contributed by atoms with Crippen LogP contribution < -0.4 is 0 Å². The summed E-state index contributed by atoms with van der Waals surface area (Å²) in [5, 5.41) is 10.9. The first kappa shape index (κ1) is 29.4. The number of β-amino-alcohol motifs (C(OH)–C–C–N with tert-alkyl or cyclic N) is 1. The summed E-state index contributed by atoms with van der Waals surface area (Å²) in [5.74, 6) is 8.27. The molecule has 0 bridgehead atoms. The summed E-state index contributed by atoms with van der Waals surface area (Å²) in [5.41, 5.74) is 7.59. The van der Waals surface area contributed by atoms with Crippen LogP contribution in [0.4, 0.5) is 0 Å². The molecule has 3 aromatic rings. The van der Waals surface area contributed by atoms with Crippen LogP contribution in [0.25, 0.3) is 0 Å². The quantitative estimate of drug-likeness (QED) is 0.183. The van der Waals surface area contributed by atoms with Crippen LogP contribution in [0.2, 0.25) is 0 Å². The van der Waals surface area contributed by atoms with Crippen molar-refractivity contribution in [2.75, 3.05) is 6.54 Å². The van der Waals surface area contributed by atoms with Crippen LogP contribution in [0, 0.1) is 23.7 Å². The number of aliphatic hydroxyl groups is 1. The van der Waals surface area contributed by atoms with E-state index < -0.39 is 0 Å². The number of benzene rings is 3. The zero-order valence-corrected chi connectivity index (χ0v) is 25.2. The average Bonchev–Trinajstić information content (AvgIpc) is 3.82. The van der Waals surface area contributed by atoms with E-state index in [1.807, 2.05) is 30.3 Å². The minimum absolute atomic E-state index is 0.293. The Morgan fingerprint density at radius 2 is 1.56 bits per heavy atom. The van der Waals surface area contributed by atoms with E-state index in [1.165, 1.54) is 41.5 Å². The molecule has 1 heterocycles. The van der Waals surface area contributed by atoms with Crippen molar-refractivity contribution in [3.05, 3.63) is 119 Å². The van der Waals surface area contributed by atoms with E-state index in [0.717, 1.165) is 49.3 Å². The Balaban J connectivity index is 1.23. The normalized spacial score (nSPS) is 21.8. The molecule has 2 heteroatoms. The van der Waals surface area contributed by atoms with Gasteiger partial charge in [0, 0.05) is 35.7 Å². The molecule has 41 heavy (non-hydrogen) atoms. The van der Waals surface area contributed by atoms with Gasteiger partial charge in [-0.15, -0.1) is 0 Å². The first-order chi connectivity index (χ1) is 19.9. The second-order valence-corrected chi connectivity index (χ2v) is 12.7. The SMILES string of the molecule is C=C(CCC1C(c2ccc(C#Cc3ccccc3)cc2)C(C)N1CC(O)C(C)CC)Cc1ccc(CC2CC2)cc1. The Morgan fingerprint density at radius 3 is 2.20 bits per heavy atom. The lowest BCUT2D eigenvalue weighted by atomic mass is 9.73. The second-order valence-electron chi connectivity index (χ2n) is 12.7. The molecule has 2 nitrogen and oxygen atoms in total. The van der Waals surface area contributed by atoms with Crippen molar-refractivity contribution in [3.8, 4) is 11.8 Å².